The van der Waals surface area contributed by atoms with Crippen molar-refractivity contribution in [3.63, 3.8) is 0 Å². The van der Waals surface area contributed by atoms with Crippen molar-refractivity contribution in [3.05, 3.63) is 53.4 Å². The molecule has 0 bridgehead atoms. The molecule has 142 valence electrons. The predicted molar refractivity (Wildman–Crippen MR) is 103 cm³/mol. The van der Waals surface area contributed by atoms with Gasteiger partial charge < -0.3 is 10.1 Å². The quantitative estimate of drug-likeness (QED) is 0.598. The van der Waals surface area contributed by atoms with Crippen LogP contribution in [0, 0.1) is 5.82 Å². The van der Waals surface area contributed by atoms with Crippen LogP contribution in [0.25, 0.3) is 16.4 Å². The lowest BCUT2D eigenvalue weighted by Crippen LogP contribution is -2.26. The van der Waals surface area contributed by atoms with Gasteiger partial charge in [-0.1, -0.05) is 6.07 Å². The number of nitrogens with one attached hydrogen (secondary N) is 1. The average molecular weight is 388 g/mol. The summed E-state index contributed by atoms with van der Waals surface area (Å²) in [4.78, 5) is 17.7. The molecule has 0 fully saturated rings. The lowest BCUT2D eigenvalue weighted by atomic mass is 10.3. The van der Waals surface area contributed by atoms with Gasteiger partial charge in [0.05, 0.1) is 16.7 Å². The molecule has 0 saturated heterocycles. The molecule has 3 aromatic rings. The molecule has 27 heavy (non-hydrogen) atoms. The molecule has 0 aliphatic carbocycles. The standard InChI is InChI=1S/C19H21FN4O2S/c1-13(2)26-11-4-10-21-19(25)17-22-18(16-5-3-12-27-16)24(23-17)15-8-6-14(20)7-9-15/h3,5-9,12-13H,4,10-11H2,1-2H3,(H,21,25). The molecule has 0 radical (unpaired) electrons. The molecule has 2 aromatic heterocycles. The predicted octanol–water partition coefficient (Wildman–Crippen LogP) is 3.68. The van der Waals surface area contributed by atoms with Crippen molar-refractivity contribution in [3.8, 4) is 16.4 Å². The minimum Gasteiger partial charge on any atom is -0.379 e. The van der Waals surface area contributed by atoms with E-state index >= 15 is 0 Å². The number of amides is 1. The summed E-state index contributed by atoms with van der Waals surface area (Å²) in [5.41, 5.74) is 0.636. The molecule has 1 amide bonds. The van der Waals surface area contributed by atoms with Crippen molar-refractivity contribution in [2.75, 3.05) is 13.2 Å². The monoisotopic (exact) mass is 388 g/mol. The number of ether oxygens (including phenoxy) is 1. The molecule has 0 atom stereocenters. The molecule has 8 heteroatoms. The molecule has 6 nitrogen and oxygen atoms in total. The van der Waals surface area contributed by atoms with Crippen LogP contribution in [0.1, 0.15) is 30.9 Å². The fraction of sp³-hybridized carbons (Fsp3) is 0.316. The van der Waals surface area contributed by atoms with Crippen molar-refractivity contribution in [2.24, 2.45) is 0 Å². The first-order valence-electron chi connectivity index (χ1n) is 8.71. The summed E-state index contributed by atoms with van der Waals surface area (Å²) in [6.45, 7) is 4.99. The fourth-order valence-corrected chi connectivity index (χ4v) is 3.11. The number of hydrogen-bond donors (Lipinski definition) is 1. The number of benzene rings is 1. The van der Waals surface area contributed by atoms with E-state index in [0.29, 0.717) is 31.1 Å². The molecular weight excluding hydrogens is 367 g/mol. The van der Waals surface area contributed by atoms with Crippen molar-refractivity contribution in [1.82, 2.24) is 20.1 Å². The third kappa shape index (κ3) is 4.99. The zero-order chi connectivity index (χ0) is 19.2. The largest absolute Gasteiger partial charge is 0.379 e. The highest BCUT2D eigenvalue weighted by Crippen LogP contribution is 2.25. The van der Waals surface area contributed by atoms with E-state index in [9.17, 15) is 9.18 Å². The zero-order valence-corrected chi connectivity index (χ0v) is 16.0. The number of hydrogen-bond acceptors (Lipinski definition) is 5. The van der Waals surface area contributed by atoms with Crippen LogP contribution in [0.2, 0.25) is 0 Å². The summed E-state index contributed by atoms with van der Waals surface area (Å²) in [7, 11) is 0. The van der Waals surface area contributed by atoms with E-state index in [4.69, 9.17) is 4.74 Å². The highest BCUT2D eigenvalue weighted by Gasteiger charge is 2.19. The lowest BCUT2D eigenvalue weighted by molar-refractivity contribution is 0.0756. The molecular formula is C19H21FN4O2S. The Kier molecular flexibility index (Phi) is 6.31. The van der Waals surface area contributed by atoms with Crippen LogP contribution >= 0.6 is 11.3 Å². The highest BCUT2D eigenvalue weighted by molar-refractivity contribution is 7.13. The van der Waals surface area contributed by atoms with Gasteiger partial charge in [-0.25, -0.2) is 14.1 Å². The molecule has 0 aliphatic rings. The minimum absolute atomic E-state index is 0.0764. The van der Waals surface area contributed by atoms with E-state index in [1.54, 1.807) is 16.8 Å². The van der Waals surface area contributed by atoms with Gasteiger partial charge in [0.25, 0.3) is 5.91 Å². The Morgan fingerprint density at radius 1 is 1.30 bits per heavy atom. The zero-order valence-electron chi connectivity index (χ0n) is 15.2. The van der Waals surface area contributed by atoms with Crippen LogP contribution in [0.4, 0.5) is 4.39 Å². The Morgan fingerprint density at radius 2 is 2.07 bits per heavy atom. The highest BCUT2D eigenvalue weighted by atomic mass is 32.1. The Bertz CT molecular complexity index is 876. The number of nitrogens with zero attached hydrogens (tertiary/aromatic N) is 3. The van der Waals surface area contributed by atoms with Crippen molar-refractivity contribution >= 4 is 17.2 Å². The molecule has 0 saturated carbocycles. The summed E-state index contributed by atoms with van der Waals surface area (Å²) in [6, 6.07) is 9.71. The van der Waals surface area contributed by atoms with Gasteiger partial charge in [-0.15, -0.1) is 16.4 Å². The first-order valence-corrected chi connectivity index (χ1v) is 9.59. The van der Waals surface area contributed by atoms with E-state index in [-0.39, 0.29) is 23.7 Å². The number of thiophene rings is 1. The van der Waals surface area contributed by atoms with E-state index in [1.165, 1.54) is 23.5 Å². The molecule has 0 unspecified atom stereocenters. The topological polar surface area (TPSA) is 69.0 Å². The Morgan fingerprint density at radius 3 is 2.74 bits per heavy atom. The second kappa shape index (κ2) is 8.88. The second-order valence-electron chi connectivity index (χ2n) is 6.15. The molecule has 0 aliphatic heterocycles. The second-order valence-corrected chi connectivity index (χ2v) is 7.10. The number of aromatic nitrogens is 3. The number of halogens is 1. The Balaban J connectivity index is 1.77. The maximum Gasteiger partial charge on any atom is 0.290 e. The summed E-state index contributed by atoms with van der Waals surface area (Å²) < 4.78 is 20.3. The SMILES string of the molecule is CC(C)OCCCNC(=O)c1nc(-c2cccs2)n(-c2ccc(F)cc2)n1. The summed E-state index contributed by atoms with van der Waals surface area (Å²) in [5.74, 6) is -0.0614. The first-order chi connectivity index (χ1) is 13.0. The third-order valence-electron chi connectivity index (χ3n) is 3.68. The van der Waals surface area contributed by atoms with E-state index in [2.05, 4.69) is 15.4 Å². The summed E-state index contributed by atoms with van der Waals surface area (Å²) >= 11 is 1.49. The number of carbonyl (C=O) groups is 1. The average Bonchev–Trinajstić information content (AvgIpc) is 3.31. The molecule has 0 spiro atoms. The van der Waals surface area contributed by atoms with Crippen LogP contribution in [0.15, 0.2) is 41.8 Å². The molecule has 2 heterocycles. The van der Waals surface area contributed by atoms with Gasteiger partial charge in [-0.3, -0.25) is 4.79 Å². The van der Waals surface area contributed by atoms with Crippen LogP contribution in [0.5, 0.6) is 0 Å². The normalized spacial score (nSPS) is 11.1. The van der Waals surface area contributed by atoms with Crippen LogP contribution < -0.4 is 5.32 Å². The van der Waals surface area contributed by atoms with E-state index < -0.39 is 0 Å². The minimum atomic E-state index is -0.349. The summed E-state index contributed by atoms with van der Waals surface area (Å²) in [5, 5.41) is 9.07. The number of rotatable bonds is 8. The molecule has 1 N–H and O–H groups in total. The van der Waals surface area contributed by atoms with Crippen molar-refractivity contribution in [2.45, 2.75) is 26.4 Å². The van der Waals surface area contributed by atoms with Gasteiger partial charge in [0.15, 0.2) is 5.82 Å². The van der Waals surface area contributed by atoms with E-state index in [0.717, 1.165) is 4.88 Å². The Labute approximate surface area is 161 Å². The van der Waals surface area contributed by atoms with Crippen LogP contribution in [-0.2, 0) is 4.74 Å². The van der Waals surface area contributed by atoms with Gasteiger partial charge in [-0.05, 0) is 56.0 Å². The van der Waals surface area contributed by atoms with Crippen LogP contribution in [-0.4, -0.2) is 39.9 Å². The van der Waals surface area contributed by atoms with Crippen LogP contribution in [0.3, 0.4) is 0 Å². The first kappa shape index (κ1) is 19.2. The number of carbonyl (C=O) groups excluding carboxylic acids is 1. The van der Waals surface area contributed by atoms with Gasteiger partial charge in [0.2, 0.25) is 5.82 Å². The molecule has 3 rings (SSSR count). The van der Waals surface area contributed by atoms with Gasteiger partial charge >= 0.3 is 0 Å². The van der Waals surface area contributed by atoms with Gasteiger partial charge in [0, 0.05) is 13.2 Å². The maximum atomic E-state index is 13.2. The smallest absolute Gasteiger partial charge is 0.290 e. The van der Waals surface area contributed by atoms with Crippen molar-refractivity contribution < 1.29 is 13.9 Å². The fourth-order valence-electron chi connectivity index (χ4n) is 2.41. The molecule has 1 aromatic carbocycles. The van der Waals surface area contributed by atoms with Crippen molar-refractivity contribution in [1.29, 1.82) is 0 Å². The summed E-state index contributed by atoms with van der Waals surface area (Å²) in [6.07, 6.45) is 0.877. The van der Waals surface area contributed by atoms with E-state index in [1.807, 2.05) is 31.4 Å². The third-order valence-corrected chi connectivity index (χ3v) is 4.55. The van der Waals surface area contributed by atoms with Gasteiger partial charge in [-0.2, -0.15) is 0 Å². The maximum absolute atomic E-state index is 13.2. The lowest BCUT2D eigenvalue weighted by Gasteiger charge is -2.07. The van der Waals surface area contributed by atoms with Gasteiger partial charge in [0.1, 0.15) is 5.82 Å². The Hall–Kier alpha value is -2.58.